The fourth-order valence-corrected chi connectivity index (χ4v) is 2.97. The summed E-state index contributed by atoms with van der Waals surface area (Å²) >= 11 is 0. The normalized spacial score (nSPS) is 29.9. The molecule has 2 nitrogen and oxygen atoms in total. The van der Waals surface area contributed by atoms with Crippen molar-refractivity contribution < 1.29 is 13.2 Å². The van der Waals surface area contributed by atoms with Gasteiger partial charge in [-0.3, -0.25) is 4.90 Å². The highest BCUT2D eigenvalue weighted by atomic mass is 19.4. The summed E-state index contributed by atoms with van der Waals surface area (Å²) in [6.07, 6.45) is 2.00. The molecule has 102 valence electrons. The van der Waals surface area contributed by atoms with Crippen molar-refractivity contribution in [2.75, 3.05) is 6.54 Å². The van der Waals surface area contributed by atoms with Crippen molar-refractivity contribution >= 4 is 0 Å². The van der Waals surface area contributed by atoms with Gasteiger partial charge in [0.15, 0.2) is 0 Å². The Hall–Kier alpha value is -0.760. The Bertz CT molecular complexity index is 317. The minimum Gasteiger partial charge on any atom is -0.288 e. The summed E-state index contributed by atoms with van der Waals surface area (Å²) in [6.45, 7) is -0.847. The molecule has 0 radical (unpaired) electrons. The zero-order valence-corrected chi connectivity index (χ0v) is 10.4. The fourth-order valence-electron chi connectivity index (χ4n) is 2.97. The van der Waals surface area contributed by atoms with E-state index in [0.717, 1.165) is 44.9 Å². The summed E-state index contributed by atoms with van der Waals surface area (Å²) in [7, 11) is 0. The summed E-state index contributed by atoms with van der Waals surface area (Å²) in [5.41, 5.74) is 0. The van der Waals surface area contributed by atoms with Crippen LogP contribution in [0.2, 0.25) is 0 Å². The summed E-state index contributed by atoms with van der Waals surface area (Å²) in [5.74, 6) is -0.226. The Morgan fingerprint density at radius 3 is 2.28 bits per heavy atom. The van der Waals surface area contributed by atoms with E-state index in [1.165, 1.54) is 0 Å². The van der Waals surface area contributed by atoms with Crippen molar-refractivity contribution in [3.8, 4) is 6.07 Å². The zero-order chi connectivity index (χ0) is 13.2. The molecule has 2 unspecified atom stereocenters. The molecule has 0 spiro atoms. The standard InChI is InChI=1S/C13H19F3N2/c14-13(15,16)9-18(11-6-7-11)12-5-3-1-2-4-10(12)8-17/h10-12H,1-7,9H2. The second-order valence-electron chi connectivity index (χ2n) is 5.46. The van der Waals surface area contributed by atoms with Crippen molar-refractivity contribution in [2.24, 2.45) is 5.92 Å². The van der Waals surface area contributed by atoms with Gasteiger partial charge in [0, 0.05) is 12.1 Å². The Morgan fingerprint density at radius 1 is 1.06 bits per heavy atom. The van der Waals surface area contributed by atoms with Gasteiger partial charge >= 0.3 is 6.18 Å². The highest BCUT2D eigenvalue weighted by Crippen LogP contribution is 2.37. The first kappa shape index (κ1) is 13.7. The molecular formula is C13H19F3N2. The van der Waals surface area contributed by atoms with E-state index >= 15 is 0 Å². The largest absolute Gasteiger partial charge is 0.401 e. The summed E-state index contributed by atoms with van der Waals surface area (Å²) in [6, 6.07) is 2.11. The van der Waals surface area contributed by atoms with Crippen LogP contribution in [-0.4, -0.2) is 29.7 Å². The second-order valence-corrected chi connectivity index (χ2v) is 5.46. The molecule has 2 rings (SSSR count). The maximum Gasteiger partial charge on any atom is 0.401 e. The van der Waals surface area contributed by atoms with Crippen LogP contribution in [0.4, 0.5) is 13.2 Å². The van der Waals surface area contributed by atoms with Gasteiger partial charge in [-0.15, -0.1) is 0 Å². The molecule has 2 saturated carbocycles. The third-order valence-corrected chi connectivity index (χ3v) is 3.95. The summed E-state index contributed by atoms with van der Waals surface area (Å²) < 4.78 is 38.0. The van der Waals surface area contributed by atoms with Gasteiger partial charge in [-0.25, -0.2) is 0 Å². The Morgan fingerprint density at radius 2 is 1.72 bits per heavy atom. The molecule has 0 aromatic carbocycles. The fraction of sp³-hybridized carbons (Fsp3) is 0.923. The highest BCUT2D eigenvalue weighted by Gasteiger charge is 2.43. The number of hydrogen-bond donors (Lipinski definition) is 0. The third kappa shape index (κ3) is 3.61. The van der Waals surface area contributed by atoms with Crippen LogP contribution in [-0.2, 0) is 0 Å². The molecule has 18 heavy (non-hydrogen) atoms. The van der Waals surface area contributed by atoms with Gasteiger partial charge in [-0.05, 0) is 25.7 Å². The molecule has 5 heteroatoms. The average Bonchev–Trinajstić information content (AvgIpc) is 3.11. The van der Waals surface area contributed by atoms with Gasteiger partial charge in [0.25, 0.3) is 0 Å². The first-order chi connectivity index (χ1) is 8.51. The van der Waals surface area contributed by atoms with Gasteiger partial charge in [-0.1, -0.05) is 19.3 Å². The van der Waals surface area contributed by atoms with Gasteiger partial charge in [-0.2, -0.15) is 18.4 Å². The summed E-state index contributed by atoms with van der Waals surface area (Å²) in [4.78, 5) is 1.57. The van der Waals surface area contributed by atoms with Crippen LogP contribution in [0.15, 0.2) is 0 Å². The maximum absolute atomic E-state index is 12.7. The lowest BCUT2D eigenvalue weighted by Gasteiger charge is -2.34. The lowest BCUT2D eigenvalue weighted by atomic mass is 9.94. The Labute approximate surface area is 106 Å². The number of halogens is 3. The molecule has 2 aliphatic rings. The molecule has 0 N–H and O–H groups in total. The van der Waals surface area contributed by atoms with Crippen molar-refractivity contribution in [3.05, 3.63) is 0 Å². The van der Waals surface area contributed by atoms with Crippen LogP contribution in [0.25, 0.3) is 0 Å². The van der Waals surface area contributed by atoms with E-state index in [-0.39, 0.29) is 18.0 Å². The monoisotopic (exact) mass is 260 g/mol. The van der Waals surface area contributed by atoms with Crippen molar-refractivity contribution in [1.82, 2.24) is 4.90 Å². The first-order valence-electron chi connectivity index (χ1n) is 6.73. The average molecular weight is 260 g/mol. The smallest absolute Gasteiger partial charge is 0.288 e. The molecule has 0 bridgehead atoms. The number of hydrogen-bond acceptors (Lipinski definition) is 2. The van der Waals surface area contributed by atoms with E-state index in [2.05, 4.69) is 6.07 Å². The molecule has 2 aliphatic carbocycles. The predicted octanol–water partition coefficient (Wildman–Crippen LogP) is 3.49. The van der Waals surface area contributed by atoms with Crippen LogP contribution in [0.5, 0.6) is 0 Å². The number of nitriles is 1. The summed E-state index contributed by atoms with van der Waals surface area (Å²) in [5, 5.41) is 9.18. The van der Waals surface area contributed by atoms with Gasteiger partial charge in [0.2, 0.25) is 0 Å². The molecular weight excluding hydrogens is 241 g/mol. The predicted molar refractivity (Wildman–Crippen MR) is 61.8 cm³/mol. The SMILES string of the molecule is N#CC1CCCCCC1N(CC(F)(F)F)C1CC1. The molecule has 0 saturated heterocycles. The quantitative estimate of drug-likeness (QED) is 0.726. The topological polar surface area (TPSA) is 27.0 Å². The highest BCUT2D eigenvalue weighted by molar-refractivity contribution is 4.99. The van der Waals surface area contributed by atoms with Gasteiger partial charge in [0.05, 0.1) is 18.5 Å². The van der Waals surface area contributed by atoms with Crippen LogP contribution in [0, 0.1) is 17.2 Å². The van der Waals surface area contributed by atoms with Gasteiger partial charge in [0.1, 0.15) is 0 Å². The van der Waals surface area contributed by atoms with Crippen LogP contribution in [0.3, 0.4) is 0 Å². The van der Waals surface area contributed by atoms with E-state index in [9.17, 15) is 18.4 Å². The van der Waals surface area contributed by atoms with Crippen LogP contribution in [0.1, 0.15) is 44.9 Å². The van der Waals surface area contributed by atoms with Crippen molar-refractivity contribution in [3.63, 3.8) is 0 Å². The maximum atomic E-state index is 12.7. The first-order valence-corrected chi connectivity index (χ1v) is 6.73. The van der Waals surface area contributed by atoms with Crippen molar-refractivity contribution in [1.29, 1.82) is 5.26 Å². The van der Waals surface area contributed by atoms with Crippen LogP contribution >= 0.6 is 0 Å². The molecule has 0 aliphatic heterocycles. The Balaban J connectivity index is 2.09. The molecule has 0 heterocycles. The lowest BCUT2D eigenvalue weighted by Crippen LogP contribution is -2.46. The molecule has 0 aromatic heterocycles. The molecule has 0 amide bonds. The number of alkyl halides is 3. The van der Waals surface area contributed by atoms with E-state index in [1.54, 1.807) is 4.90 Å². The number of nitrogens with zero attached hydrogens (tertiary/aromatic N) is 2. The third-order valence-electron chi connectivity index (χ3n) is 3.95. The molecule has 2 fully saturated rings. The van der Waals surface area contributed by atoms with Crippen LogP contribution < -0.4 is 0 Å². The van der Waals surface area contributed by atoms with Crippen molar-refractivity contribution in [2.45, 2.75) is 63.2 Å². The molecule has 0 aromatic rings. The Kier molecular flexibility index (Phi) is 4.16. The zero-order valence-electron chi connectivity index (χ0n) is 10.4. The molecule has 2 atom stereocenters. The minimum absolute atomic E-state index is 0.0607. The number of rotatable bonds is 3. The van der Waals surface area contributed by atoms with E-state index in [4.69, 9.17) is 0 Å². The van der Waals surface area contributed by atoms with E-state index in [1.807, 2.05) is 0 Å². The van der Waals surface area contributed by atoms with E-state index < -0.39 is 12.7 Å². The van der Waals surface area contributed by atoms with E-state index in [0.29, 0.717) is 0 Å². The minimum atomic E-state index is -4.16. The second kappa shape index (κ2) is 5.48. The van der Waals surface area contributed by atoms with Gasteiger partial charge < -0.3 is 0 Å². The lowest BCUT2D eigenvalue weighted by molar-refractivity contribution is -0.154.